The van der Waals surface area contributed by atoms with E-state index in [4.69, 9.17) is 0 Å². The number of fused-ring (bicyclic) bond motifs is 1. The van der Waals surface area contributed by atoms with Crippen LogP contribution < -0.4 is 16.1 Å². The van der Waals surface area contributed by atoms with Crippen LogP contribution in [0.4, 0.5) is 5.69 Å². The van der Waals surface area contributed by atoms with Gasteiger partial charge in [0.05, 0.1) is 10.9 Å². The van der Waals surface area contributed by atoms with Gasteiger partial charge in [-0.05, 0) is 23.8 Å². The summed E-state index contributed by atoms with van der Waals surface area (Å²) in [6, 6.07) is 16.1. The summed E-state index contributed by atoms with van der Waals surface area (Å²) in [4.78, 5) is 33.0. The van der Waals surface area contributed by atoms with Crippen LogP contribution in [0.15, 0.2) is 58.1 Å². The molecule has 2 aromatic carbocycles. The van der Waals surface area contributed by atoms with E-state index in [2.05, 4.69) is 44.0 Å². The molecule has 0 saturated carbocycles. The van der Waals surface area contributed by atoms with Crippen molar-refractivity contribution in [1.82, 2.24) is 14.9 Å². The Bertz CT molecular complexity index is 985. The van der Waals surface area contributed by atoms with Gasteiger partial charge in [-0.25, -0.2) is 4.79 Å². The number of aromatic amines is 2. The molecule has 0 radical (unpaired) electrons. The summed E-state index contributed by atoms with van der Waals surface area (Å²) >= 11 is 0. The van der Waals surface area contributed by atoms with Gasteiger partial charge in [-0.3, -0.25) is 14.7 Å². The molecule has 1 aliphatic heterocycles. The van der Waals surface area contributed by atoms with Crippen molar-refractivity contribution in [3.05, 3.63) is 74.9 Å². The number of piperazine rings is 1. The molecule has 3 aromatic rings. The highest BCUT2D eigenvalue weighted by molar-refractivity contribution is 5.81. The van der Waals surface area contributed by atoms with Crippen molar-refractivity contribution < 1.29 is 0 Å². The van der Waals surface area contributed by atoms with Gasteiger partial charge in [0.15, 0.2) is 0 Å². The zero-order valence-electron chi connectivity index (χ0n) is 13.9. The lowest BCUT2D eigenvalue weighted by Gasteiger charge is -2.36. The summed E-state index contributed by atoms with van der Waals surface area (Å²) in [7, 11) is 0. The highest BCUT2D eigenvalue weighted by atomic mass is 16.2. The Kier molecular flexibility index (Phi) is 4.11. The molecule has 1 saturated heterocycles. The molecule has 0 bridgehead atoms. The topological polar surface area (TPSA) is 72.2 Å². The van der Waals surface area contributed by atoms with E-state index in [-0.39, 0.29) is 5.56 Å². The molecule has 2 heterocycles. The maximum atomic E-state index is 12.0. The van der Waals surface area contributed by atoms with E-state index in [1.54, 1.807) is 6.07 Å². The summed E-state index contributed by atoms with van der Waals surface area (Å²) < 4.78 is 0. The van der Waals surface area contributed by atoms with Gasteiger partial charge < -0.3 is 9.88 Å². The lowest BCUT2D eigenvalue weighted by molar-refractivity contribution is 0.250. The van der Waals surface area contributed by atoms with Gasteiger partial charge in [0.2, 0.25) is 0 Å². The van der Waals surface area contributed by atoms with E-state index in [0.29, 0.717) is 10.9 Å². The van der Waals surface area contributed by atoms with E-state index < -0.39 is 5.69 Å². The number of rotatable bonds is 3. The predicted molar refractivity (Wildman–Crippen MR) is 99.1 cm³/mol. The van der Waals surface area contributed by atoms with Gasteiger partial charge >= 0.3 is 5.69 Å². The maximum Gasteiger partial charge on any atom is 0.326 e. The molecule has 4 rings (SSSR count). The van der Waals surface area contributed by atoms with Crippen LogP contribution in [0.5, 0.6) is 0 Å². The van der Waals surface area contributed by atoms with Crippen LogP contribution >= 0.6 is 0 Å². The van der Waals surface area contributed by atoms with Crippen molar-refractivity contribution in [1.29, 1.82) is 0 Å². The molecule has 2 N–H and O–H groups in total. The van der Waals surface area contributed by atoms with Gasteiger partial charge in [0.1, 0.15) is 0 Å². The lowest BCUT2D eigenvalue weighted by atomic mass is 10.1. The Labute approximate surface area is 144 Å². The molecular formula is C19H20N4O2. The fourth-order valence-electron chi connectivity index (χ4n) is 3.36. The Balaban J connectivity index is 1.48. The normalized spacial score (nSPS) is 15.6. The smallest absolute Gasteiger partial charge is 0.326 e. The predicted octanol–water partition coefficient (Wildman–Crippen LogP) is 1.54. The minimum atomic E-state index is -0.472. The summed E-state index contributed by atoms with van der Waals surface area (Å²) in [6.07, 6.45) is 0. The number of H-pyrrole nitrogens is 2. The Morgan fingerprint density at radius 2 is 1.64 bits per heavy atom. The van der Waals surface area contributed by atoms with Crippen molar-refractivity contribution in [3.8, 4) is 0 Å². The number of aromatic nitrogens is 2. The van der Waals surface area contributed by atoms with E-state index >= 15 is 0 Å². The fourth-order valence-corrected chi connectivity index (χ4v) is 3.36. The third kappa shape index (κ3) is 3.34. The molecule has 6 heteroatoms. The van der Waals surface area contributed by atoms with E-state index in [1.165, 1.54) is 5.56 Å². The quantitative estimate of drug-likeness (QED) is 0.761. The molecular weight excluding hydrogens is 316 g/mol. The molecule has 128 valence electrons. The first-order valence-electron chi connectivity index (χ1n) is 8.47. The molecule has 0 spiro atoms. The van der Waals surface area contributed by atoms with Crippen molar-refractivity contribution in [2.45, 2.75) is 6.54 Å². The number of anilines is 1. The molecule has 6 nitrogen and oxygen atoms in total. The van der Waals surface area contributed by atoms with E-state index in [9.17, 15) is 9.59 Å². The molecule has 1 fully saturated rings. The SMILES string of the molecule is O=c1[nH]c(=O)c2cc(N3CCN(Cc4ccccc4)CC3)ccc2[nH]1. The standard InChI is InChI=1S/C19H20N4O2/c24-18-16-12-15(6-7-17(16)20-19(25)21-18)23-10-8-22(9-11-23)13-14-4-2-1-3-5-14/h1-7,12H,8-11,13H2,(H2,20,21,24,25). The van der Waals surface area contributed by atoms with E-state index in [0.717, 1.165) is 38.4 Å². The third-order valence-electron chi connectivity index (χ3n) is 4.71. The van der Waals surface area contributed by atoms with Crippen LogP contribution in [0.1, 0.15) is 5.56 Å². The Morgan fingerprint density at radius 3 is 2.40 bits per heavy atom. The van der Waals surface area contributed by atoms with Crippen LogP contribution in [0.25, 0.3) is 10.9 Å². The van der Waals surface area contributed by atoms with Crippen molar-refractivity contribution in [2.75, 3.05) is 31.1 Å². The summed E-state index contributed by atoms with van der Waals surface area (Å²) in [5.74, 6) is 0. The second kappa shape index (κ2) is 6.57. The minimum Gasteiger partial charge on any atom is -0.369 e. The number of hydrogen-bond donors (Lipinski definition) is 2. The van der Waals surface area contributed by atoms with Crippen molar-refractivity contribution in [3.63, 3.8) is 0 Å². The van der Waals surface area contributed by atoms with Crippen LogP contribution in [0, 0.1) is 0 Å². The third-order valence-corrected chi connectivity index (χ3v) is 4.71. The van der Waals surface area contributed by atoms with Crippen LogP contribution in [-0.4, -0.2) is 41.0 Å². The second-order valence-electron chi connectivity index (χ2n) is 6.39. The van der Waals surface area contributed by atoms with Crippen LogP contribution in [0.2, 0.25) is 0 Å². The molecule has 1 aliphatic rings. The molecule has 0 atom stereocenters. The monoisotopic (exact) mass is 336 g/mol. The van der Waals surface area contributed by atoms with Gasteiger partial charge in [-0.2, -0.15) is 0 Å². The summed E-state index contributed by atoms with van der Waals surface area (Å²) in [6.45, 7) is 4.76. The first-order valence-corrected chi connectivity index (χ1v) is 8.47. The molecule has 0 amide bonds. The largest absolute Gasteiger partial charge is 0.369 e. The number of nitrogens with zero attached hydrogens (tertiary/aromatic N) is 2. The van der Waals surface area contributed by atoms with Crippen LogP contribution in [-0.2, 0) is 6.54 Å². The molecule has 25 heavy (non-hydrogen) atoms. The average Bonchev–Trinajstić information content (AvgIpc) is 2.63. The van der Waals surface area contributed by atoms with Gasteiger partial charge in [-0.15, -0.1) is 0 Å². The lowest BCUT2D eigenvalue weighted by Crippen LogP contribution is -2.46. The summed E-state index contributed by atoms with van der Waals surface area (Å²) in [5, 5.41) is 0.517. The highest BCUT2D eigenvalue weighted by Crippen LogP contribution is 2.20. The Morgan fingerprint density at radius 1 is 0.880 bits per heavy atom. The summed E-state index contributed by atoms with van der Waals surface area (Å²) in [5.41, 5.74) is 2.10. The first kappa shape index (κ1) is 15.7. The van der Waals surface area contributed by atoms with Crippen LogP contribution in [0.3, 0.4) is 0 Å². The van der Waals surface area contributed by atoms with Gasteiger partial charge in [0.25, 0.3) is 5.56 Å². The molecule has 0 aliphatic carbocycles. The van der Waals surface area contributed by atoms with Crippen molar-refractivity contribution in [2.24, 2.45) is 0 Å². The van der Waals surface area contributed by atoms with Gasteiger partial charge in [-0.1, -0.05) is 30.3 Å². The zero-order chi connectivity index (χ0) is 17.2. The van der Waals surface area contributed by atoms with Crippen molar-refractivity contribution >= 4 is 16.6 Å². The molecule has 1 aromatic heterocycles. The highest BCUT2D eigenvalue weighted by Gasteiger charge is 2.18. The second-order valence-corrected chi connectivity index (χ2v) is 6.39. The number of hydrogen-bond acceptors (Lipinski definition) is 4. The zero-order valence-corrected chi connectivity index (χ0v) is 13.9. The Hall–Kier alpha value is -2.86. The number of benzene rings is 2. The van der Waals surface area contributed by atoms with E-state index in [1.807, 2.05) is 18.2 Å². The van der Waals surface area contributed by atoms with Gasteiger partial charge in [0, 0.05) is 38.4 Å². The first-order chi connectivity index (χ1) is 12.2. The number of nitrogens with one attached hydrogen (secondary N) is 2. The molecule has 0 unspecified atom stereocenters. The fraction of sp³-hybridized carbons (Fsp3) is 0.263. The average molecular weight is 336 g/mol. The minimum absolute atomic E-state index is 0.344. The maximum absolute atomic E-state index is 12.0.